The summed E-state index contributed by atoms with van der Waals surface area (Å²) in [5.74, 6) is 0.812. The molecule has 0 spiro atoms. The Morgan fingerprint density at radius 3 is 2.26 bits per heavy atom. The van der Waals surface area contributed by atoms with Crippen molar-refractivity contribution in [3.05, 3.63) is 78.4 Å². The average Bonchev–Trinajstić information content (AvgIpc) is 2.82. The zero-order chi connectivity index (χ0) is 21.6. The molecule has 6 heteroatoms. The van der Waals surface area contributed by atoms with Gasteiger partial charge in [0.1, 0.15) is 19.8 Å². The minimum absolute atomic E-state index is 0.0375. The van der Waals surface area contributed by atoms with Crippen molar-refractivity contribution in [2.45, 2.75) is 6.92 Å². The summed E-state index contributed by atoms with van der Waals surface area (Å²) in [6.07, 6.45) is 0. The van der Waals surface area contributed by atoms with E-state index < -0.39 is 0 Å². The predicted molar refractivity (Wildman–Crippen MR) is 120 cm³/mol. The lowest BCUT2D eigenvalue weighted by atomic mass is 10.0. The Morgan fingerprint density at radius 2 is 1.55 bits per heavy atom. The summed E-state index contributed by atoms with van der Waals surface area (Å²) in [4.78, 5) is 27.0. The van der Waals surface area contributed by atoms with Crippen LogP contribution in [0.1, 0.15) is 17.3 Å². The number of fused-ring (bicyclic) bond motifs is 1. The van der Waals surface area contributed by atoms with E-state index in [2.05, 4.69) is 5.32 Å². The van der Waals surface area contributed by atoms with Crippen LogP contribution in [0.3, 0.4) is 0 Å². The van der Waals surface area contributed by atoms with Crippen LogP contribution in [0.15, 0.2) is 72.8 Å². The van der Waals surface area contributed by atoms with Crippen molar-refractivity contribution in [1.82, 2.24) is 4.90 Å². The van der Waals surface area contributed by atoms with E-state index in [1.54, 1.807) is 30.3 Å². The molecule has 158 valence electrons. The van der Waals surface area contributed by atoms with Crippen LogP contribution in [0.25, 0.3) is 11.1 Å². The fourth-order valence-corrected chi connectivity index (χ4v) is 3.44. The van der Waals surface area contributed by atoms with E-state index in [1.165, 1.54) is 4.90 Å². The molecule has 6 nitrogen and oxygen atoms in total. The van der Waals surface area contributed by atoms with Crippen molar-refractivity contribution in [3.63, 3.8) is 0 Å². The fraction of sp³-hybridized carbons (Fsp3) is 0.200. The maximum atomic E-state index is 12.9. The van der Waals surface area contributed by atoms with E-state index in [0.29, 0.717) is 42.5 Å². The molecule has 1 N–H and O–H groups in total. The Bertz CT molecular complexity index is 1060. The van der Waals surface area contributed by atoms with Gasteiger partial charge in [-0.25, -0.2) is 0 Å². The molecule has 1 aliphatic rings. The second-order valence-electron chi connectivity index (χ2n) is 7.17. The molecular weight excluding hydrogens is 392 g/mol. The third-order valence-corrected chi connectivity index (χ3v) is 5.07. The Labute approximate surface area is 181 Å². The predicted octanol–water partition coefficient (Wildman–Crippen LogP) is 4.23. The minimum Gasteiger partial charge on any atom is -0.486 e. The number of rotatable bonds is 6. The highest BCUT2D eigenvalue weighted by molar-refractivity contribution is 5.99. The lowest BCUT2D eigenvalue weighted by Crippen LogP contribution is -2.37. The van der Waals surface area contributed by atoms with Gasteiger partial charge in [0, 0.05) is 23.9 Å². The summed E-state index contributed by atoms with van der Waals surface area (Å²) >= 11 is 0. The molecule has 0 fully saturated rings. The number of amides is 2. The zero-order valence-corrected chi connectivity index (χ0v) is 17.3. The van der Waals surface area contributed by atoms with Crippen molar-refractivity contribution in [2.24, 2.45) is 0 Å². The van der Waals surface area contributed by atoms with Gasteiger partial charge in [0.2, 0.25) is 5.91 Å². The summed E-state index contributed by atoms with van der Waals surface area (Å²) in [6, 6.07) is 22.7. The first-order chi connectivity index (χ1) is 15.1. The van der Waals surface area contributed by atoms with Gasteiger partial charge in [-0.3, -0.25) is 9.59 Å². The minimum atomic E-state index is -0.271. The first kappa shape index (κ1) is 20.5. The molecule has 0 aliphatic carbocycles. The number of anilines is 1. The lowest BCUT2D eigenvalue weighted by molar-refractivity contribution is -0.116. The number of nitrogens with one attached hydrogen (secondary N) is 1. The van der Waals surface area contributed by atoms with Crippen LogP contribution in [0, 0.1) is 0 Å². The van der Waals surface area contributed by atoms with Gasteiger partial charge in [0.15, 0.2) is 11.5 Å². The van der Waals surface area contributed by atoms with Crippen molar-refractivity contribution < 1.29 is 19.1 Å². The van der Waals surface area contributed by atoms with Gasteiger partial charge in [0.25, 0.3) is 5.91 Å². The molecule has 0 saturated heterocycles. The number of nitrogens with zero attached hydrogens (tertiary/aromatic N) is 1. The van der Waals surface area contributed by atoms with Crippen molar-refractivity contribution in [2.75, 3.05) is 31.6 Å². The zero-order valence-electron chi connectivity index (χ0n) is 17.3. The molecule has 0 radical (unpaired) electrons. The van der Waals surface area contributed by atoms with E-state index in [9.17, 15) is 9.59 Å². The van der Waals surface area contributed by atoms with Crippen molar-refractivity contribution in [1.29, 1.82) is 0 Å². The summed E-state index contributed by atoms with van der Waals surface area (Å²) in [5.41, 5.74) is 3.28. The van der Waals surface area contributed by atoms with Gasteiger partial charge in [-0.1, -0.05) is 42.5 Å². The average molecular weight is 416 g/mol. The lowest BCUT2D eigenvalue weighted by Gasteiger charge is -2.21. The smallest absolute Gasteiger partial charge is 0.254 e. The second kappa shape index (κ2) is 9.34. The largest absolute Gasteiger partial charge is 0.486 e. The maximum Gasteiger partial charge on any atom is 0.254 e. The second-order valence-corrected chi connectivity index (χ2v) is 7.17. The number of carbonyl (C=O) groups excluding carboxylic acids is 2. The molecule has 0 saturated carbocycles. The van der Waals surface area contributed by atoms with Crippen LogP contribution in [-0.2, 0) is 4.79 Å². The fourth-order valence-electron chi connectivity index (χ4n) is 3.44. The molecule has 4 rings (SSSR count). The van der Waals surface area contributed by atoms with Crippen LogP contribution < -0.4 is 14.8 Å². The van der Waals surface area contributed by atoms with Crippen molar-refractivity contribution in [3.8, 4) is 22.6 Å². The Morgan fingerprint density at radius 1 is 0.871 bits per heavy atom. The third kappa shape index (κ3) is 4.86. The summed E-state index contributed by atoms with van der Waals surface area (Å²) in [6.45, 7) is 3.23. The standard InChI is InChI=1S/C25H24N2O4/c1-2-27(17-24(28)26-21-12-13-22-23(16-21)31-15-14-30-22)25(29)20-10-8-19(9-11-20)18-6-4-3-5-7-18/h3-13,16H,2,14-15,17H2,1H3,(H,26,28). The van der Waals surface area contributed by atoms with Crippen LogP contribution in [0.5, 0.6) is 11.5 Å². The molecule has 0 atom stereocenters. The number of hydrogen-bond donors (Lipinski definition) is 1. The SMILES string of the molecule is CCN(CC(=O)Nc1ccc2c(c1)OCCO2)C(=O)c1ccc(-c2ccccc2)cc1. The molecule has 3 aromatic carbocycles. The number of ether oxygens (including phenoxy) is 2. The highest BCUT2D eigenvalue weighted by Crippen LogP contribution is 2.32. The topological polar surface area (TPSA) is 67.9 Å². The Kier molecular flexibility index (Phi) is 6.17. The molecule has 2 amide bonds. The van der Waals surface area contributed by atoms with Gasteiger partial charge >= 0.3 is 0 Å². The summed E-state index contributed by atoms with van der Waals surface area (Å²) in [7, 11) is 0. The van der Waals surface area contributed by atoms with Crippen LogP contribution >= 0.6 is 0 Å². The quantitative estimate of drug-likeness (QED) is 0.653. The van der Waals surface area contributed by atoms with Crippen LogP contribution in [0.2, 0.25) is 0 Å². The molecular formula is C25H24N2O4. The maximum absolute atomic E-state index is 12.9. The molecule has 0 bridgehead atoms. The molecule has 1 aliphatic heterocycles. The highest BCUT2D eigenvalue weighted by Gasteiger charge is 2.18. The number of hydrogen-bond acceptors (Lipinski definition) is 4. The number of carbonyl (C=O) groups is 2. The van der Waals surface area contributed by atoms with Gasteiger partial charge in [0.05, 0.1) is 0 Å². The van der Waals surface area contributed by atoms with E-state index in [4.69, 9.17) is 9.47 Å². The number of benzene rings is 3. The summed E-state index contributed by atoms with van der Waals surface area (Å²) in [5, 5.41) is 2.83. The van der Waals surface area contributed by atoms with E-state index in [0.717, 1.165) is 11.1 Å². The monoisotopic (exact) mass is 416 g/mol. The van der Waals surface area contributed by atoms with E-state index in [-0.39, 0.29) is 18.4 Å². The Hall–Kier alpha value is -3.80. The molecule has 0 unspecified atom stereocenters. The first-order valence-corrected chi connectivity index (χ1v) is 10.3. The Balaban J connectivity index is 1.40. The van der Waals surface area contributed by atoms with Crippen molar-refractivity contribution >= 4 is 17.5 Å². The van der Waals surface area contributed by atoms with Gasteiger partial charge in [-0.2, -0.15) is 0 Å². The van der Waals surface area contributed by atoms with E-state index in [1.807, 2.05) is 49.4 Å². The van der Waals surface area contributed by atoms with Crippen LogP contribution in [0.4, 0.5) is 5.69 Å². The number of likely N-dealkylation sites (N-methyl/N-ethyl adjacent to an activating group) is 1. The van der Waals surface area contributed by atoms with Gasteiger partial charge < -0.3 is 19.7 Å². The first-order valence-electron chi connectivity index (χ1n) is 10.3. The molecule has 1 heterocycles. The summed E-state index contributed by atoms with van der Waals surface area (Å²) < 4.78 is 11.0. The molecule has 31 heavy (non-hydrogen) atoms. The van der Waals surface area contributed by atoms with Crippen LogP contribution in [-0.4, -0.2) is 43.0 Å². The van der Waals surface area contributed by atoms with Gasteiger partial charge in [-0.05, 0) is 42.3 Å². The molecule has 3 aromatic rings. The normalized spacial score (nSPS) is 12.2. The molecule has 0 aromatic heterocycles. The highest BCUT2D eigenvalue weighted by atomic mass is 16.6. The third-order valence-electron chi connectivity index (χ3n) is 5.07. The van der Waals surface area contributed by atoms with Gasteiger partial charge in [-0.15, -0.1) is 0 Å². The van der Waals surface area contributed by atoms with E-state index >= 15 is 0 Å².